The number of hydrogen-bond donors (Lipinski definition) is 1. The summed E-state index contributed by atoms with van der Waals surface area (Å²) in [4.78, 5) is 2.39. The number of nitrogens with zero attached hydrogens (tertiary/aromatic N) is 1. The minimum Gasteiger partial charge on any atom is -0.493 e. The first kappa shape index (κ1) is 12.3. The molecule has 1 fully saturated rings. The number of nitrogens with one attached hydrogen (secondary N) is 1. The number of hydrogen-bond acceptors (Lipinski definition) is 3. The van der Waals surface area contributed by atoms with Crippen LogP contribution < -0.4 is 10.1 Å². The summed E-state index contributed by atoms with van der Waals surface area (Å²) in [6.07, 6.45) is 0.834. The Morgan fingerprint density at radius 3 is 2.82 bits per heavy atom. The van der Waals surface area contributed by atoms with Crippen molar-refractivity contribution >= 4 is 0 Å². The van der Waals surface area contributed by atoms with Crippen molar-refractivity contribution in [1.82, 2.24) is 10.2 Å². The van der Waals surface area contributed by atoms with E-state index in [4.69, 9.17) is 4.74 Å². The van der Waals surface area contributed by atoms with Gasteiger partial charge in [0.1, 0.15) is 0 Å². The van der Waals surface area contributed by atoms with Gasteiger partial charge in [-0.1, -0.05) is 12.1 Å². The molecule has 1 aliphatic heterocycles. The van der Waals surface area contributed by atoms with Crippen LogP contribution in [-0.2, 0) is 6.42 Å². The van der Waals surface area contributed by atoms with Crippen molar-refractivity contribution in [2.24, 2.45) is 0 Å². The van der Waals surface area contributed by atoms with E-state index in [9.17, 15) is 4.39 Å². The molecule has 1 aromatic carbocycles. The first-order valence-corrected chi connectivity index (χ1v) is 6.05. The second kappa shape index (κ2) is 5.98. The lowest BCUT2D eigenvalue weighted by Gasteiger charge is -2.27. The van der Waals surface area contributed by atoms with Crippen molar-refractivity contribution in [2.45, 2.75) is 6.42 Å². The predicted octanol–water partition coefficient (Wildman–Crippen LogP) is 1.28. The lowest BCUT2D eigenvalue weighted by Crippen LogP contribution is -2.44. The molecule has 0 bridgehead atoms. The van der Waals surface area contributed by atoms with Gasteiger partial charge < -0.3 is 15.0 Å². The Morgan fingerprint density at radius 1 is 1.35 bits per heavy atom. The zero-order valence-corrected chi connectivity index (χ0v) is 10.2. The van der Waals surface area contributed by atoms with Crippen LogP contribution in [0.25, 0.3) is 0 Å². The molecule has 0 aromatic heterocycles. The van der Waals surface area contributed by atoms with Gasteiger partial charge in [-0.2, -0.15) is 0 Å². The van der Waals surface area contributed by atoms with Crippen molar-refractivity contribution in [3.63, 3.8) is 0 Å². The van der Waals surface area contributed by atoms with E-state index < -0.39 is 0 Å². The number of ether oxygens (including phenoxy) is 1. The summed E-state index contributed by atoms with van der Waals surface area (Å²) < 4.78 is 18.6. The van der Waals surface area contributed by atoms with Crippen molar-refractivity contribution < 1.29 is 9.13 Å². The van der Waals surface area contributed by atoms with E-state index in [2.05, 4.69) is 10.2 Å². The van der Waals surface area contributed by atoms with Crippen LogP contribution in [0.15, 0.2) is 18.2 Å². The van der Waals surface area contributed by atoms with Gasteiger partial charge in [-0.05, 0) is 18.1 Å². The molecule has 1 aromatic rings. The number of methoxy groups -OCH3 is 1. The Kier molecular flexibility index (Phi) is 4.34. The summed E-state index contributed by atoms with van der Waals surface area (Å²) in [5.74, 6) is 0.118. The Bertz CT molecular complexity index is 364. The second-order valence-electron chi connectivity index (χ2n) is 4.27. The van der Waals surface area contributed by atoms with Gasteiger partial charge in [-0.15, -0.1) is 0 Å². The summed E-state index contributed by atoms with van der Waals surface area (Å²) in [6.45, 7) is 5.18. The second-order valence-corrected chi connectivity index (χ2v) is 4.27. The molecule has 0 aliphatic carbocycles. The maximum atomic E-state index is 13.5. The number of halogens is 1. The third-order valence-electron chi connectivity index (χ3n) is 3.16. The Hall–Kier alpha value is -1.13. The van der Waals surface area contributed by atoms with Crippen molar-refractivity contribution in [3.05, 3.63) is 29.6 Å². The van der Waals surface area contributed by atoms with E-state index in [0.717, 1.165) is 44.7 Å². The average molecular weight is 238 g/mol. The maximum absolute atomic E-state index is 13.5. The lowest BCUT2D eigenvalue weighted by molar-refractivity contribution is 0.242. The number of benzene rings is 1. The molecule has 1 N–H and O–H groups in total. The summed E-state index contributed by atoms with van der Waals surface area (Å²) in [5.41, 5.74) is 0.950. The van der Waals surface area contributed by atoms with Gasteiger partial charge in [-0.25, -0.2) is 4.39 Å². The van der Waals surface area contributed by atoms with E-state index in [1.807, 2.05) is 6.07 Å². The SMILES string of the molecule is COc1c(F)cccc1CCN1CCNCC1. The Labute approximate surface area is 102 Å². The third-order valence-corrected chi connectivity index (χ3v) is 3.16. The highest BCUT2D eigenvalue weighted by atomic mass is 19.1. The monoisotopic (exact) mass is 238 g/mol. The normalized spacial score (nSPS) is 17.1. The molecule has 0 saturated carbocycles. The molecule has 1 aliphatic rings. The van der Waals surface area contributed by atoms with E-state index in [-0.39, 0.29) is 5.82 Å². The Morgan fingerprint density at radius 2 is 2.12 bits per heavy atom. The summed E-state index contributed by atoms with van der Waals surface area (Å²) >= 11 is 0. The van der Waals surface area contributed by atoms with Gasteiger partial charge in [0.25, 0.3) is 0 Å². The van der Waals surface area contributed by atoms with Crippen molar-refractivity contribution in [3.8, 4) is 5.75 Å². The maximum Gasteiger partial charge on any atom is 0.165 e. The smallest absolute Gasteiger partial charge is 0.165 e. The zero-order chi connectivity index (χ0) is 12.1. The topological polar surface area (TPSA) is 24.5 Å². The van der Waals surface area contributed by atoms with Gasteiger partial charge in [0, 0.05) is 32.7 Å². The minimum absolute atomic E-state index is 0.273. The number of piperazine rings is 1. The molecule has 0 radical (unpaired) electrons. The number of rotatable bonds is 4. The molecule has 2 rings (SSSR count). The fourth-order valence-electron chi connectivity index (χ4n) is 2.19. The first-order valence-electron chi connectivity index (χ1n) is 6.05. The van der Waals surface area contributed by atoms with Crippen LogP contribution in [0, 0.1) is 5.82 Å². The van der Waals surface area contributed by atoms with Crippen LogP contribution in [0.2, 0.25) is 0 Å². The van der Waals surface area contributed by atoms with Crippen LogP contribution >= 0.6 is 0 Å². The van der Waals surface area contributed by atoms with Gasteiger partial charge in [-0.3, -0.25) is 0 Å². The predicted molar refractivity (Wildman–Crippen MR) is 66.0 cm³/mol. The Balaban J connectivity index is 1.95. The molecule has 3 nitrogen and oxygen atoms in total. The standard InChI is InChI=1S/C13H19FN2O/c1-17-13-11(3-2-4-12(13)14)5-8-16-9-6-15-7-10-16/h2-4,15H,5-10H2,1H3. The van der Waals surface area contributed by atoms with Crippen LogP contribution in [-0.4, -0.2) is 44.7 Å². The molecule has 94 valence electrons. The quantitative estimate of drug-likeness (QED) is 0.855. The zero-order valence-electron chi connectivity index (χ0n) is 10.2. The van der Waals surface area contributed by atoms with Gasteiger partial charge in [0.05, 0.1) is 7.11 Å². The summed E-state index contributed by atoms with van der Waals surface area (Å²) in [5, 5.41) is 3.32. The third kappa shape index (κ3) is 3.17. The largest absolute Gasteiger partial charge is 0.493 e. The van der Waals surface area contributed by atoms with E-state index in [0.29, 0.717) is 5.75 Å². The molecular weight excluding hydrogens is 219 g/mol. The highest BCUT2D eigenvalue weighted by Gasteiger charge is 2.12. The van der Waals surface area contributed by atoms with Gasteiger partial charge in [0.15, 0.2) is 11.6 Å². The van der Waals surface area contributed by atoms with Crippen LogP contribution in [0.5, 0.6) is 5.75 Å². The van der Waals surface area contributed by atoms with E-state index >= 15 is 0 Å². The van der Waals surface area contributed by atoms with Crippen LogP contribution in [0.3, 0.4) is 0 Å². The van der Waals surface area contributed by atoms with Crippen LogP contribution in [0.4, 0.5) is 4.39 Å². The minimum atomic E-state index is -0.273. The van der Waals surface area contributed by atoms with Gasteiger partial charge in [0.2, 0.25) is 0 Å². The first-order chi connectivity index (χ1) is 8.31. The molecule has 0 spiro atoms. The highest BCUT2D eigenvalue weighted by Crippen LogP contribution is 2.22. The molecule has 0 atom stereocenters. The van der Waals surface area contributed by atoms with E-state index in [1.54, 1.807) is 6.07 Å². The molecule has 0 amide bonds. The highest BCUT2D eigenvalue weighted by molar-refractivity contribution is 5.35. The van der Waals surface area contributed by atoms with Crippen molar-refractivity contribution in [2.75, 3.05) is 39.8 Å². The van der Waals surface area contributed by atoms with E-state index in [1.165, 1.54) is 13.2 Å². The molecule has 1 heterocycles. The molecule has 0 unspecified atom stereocenters. The molecule has 17 heavy (non-hydrogen) atoms. The summed E-state index contributed by atoms with van der Waals surface area (Å²) in [7, 11) is 1.52. The van der Waals surface area contributed by atoms with Crippen LogP contribution in [0.1, 0.15) is 5.56 Å². The molecule has 1 saturated heterocycles. The summed E-state index contributed by atoms with van der Waals surface area (Å²) in [6, 6.07) is 5.11. The fraction of sp³-hybridized carbons (Fsp3) is 0.538. The molecule has 4 heteroatoms. The van der Waals surface area contributed by atoms with Crippen molar-refractivity contribution in [1.29, 1.82) is 0 Å². The number of para-hydroxylation sites is 1. The lowest BCUT2D eigenvalue weighted by atomic mass is 10.1. The fourth-order valence-corrected chi connectivity index (χ4v) is 2.19. The van der Waals surface area contributed by atoms with Gasteiger partial charge >= 0.3 is 0 Å². The molecular formula is C13H19FN2O. The average Bonchev–Trinajstić information content (AvgIpc) is 2.37.